The van der Waals surface area contributed by atoms with Gasteiger partial charge in [0.25, 0.3) is 5.69 Å². The second kappa shape index (κ2) is 7.99. The van der Waals surface area contributed by atoms with E-state index in [1.807, 2.05) is 0 Å². The van der Waals surface area contributed by atoms with Crippen molar-refractivity contribution < 1.29 is 14.8 Å². The van der Waals surface area contributed by atoms with Gasteiger partial charge in [-0.25, -0.2) is 0 Å². The number of nitro groups is 1. The van der Waals surface area contributed by atoms with Crippen molar-refractivity contribution in [1.29, 1.82) is 0 Å². The molecule has 0 aliphatic carbocycles. The molecule has 0 spiro atoms. The van der Waals surface area contributed by atoms with Gasteiger partial charge in [0.2, 0.25) is 0 Å². The molecule has 116 valence electrons. The molecule has 0 amide bonds. The zero-order valence-corrected chi connectivity index (χ0v) is 13.0. The Morgan fingerprint density at radius 2 is 2.00 bits per heavy atom. The topological polar surface area (TPSA) is 92.5 Å². The van der Waals surface area contributed by atoms with Gasteiger partial charge in [0, 0.05) is 17.0 Å². The highest BCUT2D eigenvalue weighted by atomic mass is 32.2. The molecule has 6 nitrogen and oxygen atoms in total. The highest BCUT2D eigenvalue weighted by molar-refractivity contribution is 7.99. The first-order valence-electron chi connectivity index (χ1n) is 6.68. The molecular formula is C14H20N2O4S. The summed E-state index contributed by atoms with van der Waals surface area (Å²) in [5.41, 5.74) is -0.788. The van der Waals surface area contributed by atoms with E-state index >= 15 is 0 Å². The van der Waals surface area contributed by atoms with Crippen molar-refractivity contribution in [3.05, 3.63) is 34.4 Å². The van der Waals surface area contributed by atoms with Crippen LogP contribution in [0, 0.1) is 10.1 Å². The van der Waals surface area contributed by atoms with Gasteiger partial charge < -0.3 is 10.4 Å². The van der Waals surface area contributed by atoms with E-state index in [9.17, 15) is 14.9 Å². The van der Waals surface area contributed by atoms with Crippen LogP contribution in [0.15, 0.2) is 29.2 Å². The number of unbranched alkanes of at least 4 members (excludes halogenated alkanes) is 1. The zero-order chi connectivity index (χ0) is 15.9. The fourth-order valence-electron chi connectivity index (χ4n) is 1.77. The molecule has 2 N–H and O–H groups in total. The molecule has 0 radical (unpaired) electrons. The lowest BCUT2D eigenvalue weighted by Crippen LogP contribution is -2.47. The third-order valence-electron chi connectivity index (χ3n) is 3.41. The number of carbonyl (C=O) groups is 1. The van der Waals surface area contributed by atoms with Crippen LogP contribution in [-0.4, -0.2) is 34.3 Å². The Morgan fingerprint density at radius 1 is 1.38 bits per heavy atom. The van der Waals surface area contributed by atoms with Crippen LogP contribution in [0.1, 0.15) is 26.2 Å². The Morgan fingerprint density at radius 3 is 2.48 bits per heavy atom. The van der Waals surface area contributed by atoms with Crippen LogP contribution < -0.4 is 5.32 Å². The van der Waals surface area contributed by atoms with Crippen LogP contribution in [0.5, 0.6) is 0 Å². The number of hydrogen-bond acceptors (Lipinski definition) is 5. The number of thioether (sulfide) groups is 1. The second-order valence-corrected chi connectivity index (χ2v) is 6.11. The third-order valence-corrected chi connectivity index (χ3v) is 4.51. The van der Waals surface area contributed by atoms with Crippen molar-refractivity contribution in [3.8, 4) is 0 Å². The molecule has 1 aromatic rings. The summed E-state index contributed by atoms with van der Waals surface area (Å²) in [5, 5.41) is 22.5. The van der Waals surface area contributed by atoms with E-state index < -0.39 is 16.4 Å². The molecular weight excluding hydrogens is 292 g/mol. The monoisotopic (exact) mass is 312 g/mol. The lowest BCUT2D eigenvalue weighted by Gasteiger charge is -2.23. The maximum atomic E-state index is 11.1. The standard InChI is InChI=1S/C14H20N2O4S/c1-14(15-2,13(17)18)9-3-4-10-21-12-7-5-11(6-8-12)16(19)20/h5-8,15H,3-4,9-10H2,1-2H3,(H,17,18). The molecule has 1 rings (SSSR count). The van der Waals surface area contributed by atoms with Crippen LogP contribution in [0.2, 0.25) is 0 Å². The minimum Gasteiger partial charge on any atom is -0.480 e. The zero-order valence-electron chi connectivity index (χ0n) is 12.2. The lowest BCUT2D eigenvalue weighted by atomic mass is 9.95. The lowest BCUT2D eigenvalue weighted by molar-refractivity contribution is -0.384. The van der Waals surface area contributed by atoms with Gasteiger partial charge in [-0.15, -0.1) is 11.8 Å². The predicted molar refractivity (Wildman–Crippen MR) is 82.8 cm³/mol. The maximum absolute atomic E-state index is 11.1. The smallest absolute Gasteiger partial charge is 0.323 e. The summed E-state index contributed by atoms with van der Waals surface area (Å²) in [6, 6.07) is 6.45. The van der Waals surface area contributed by atoms with E-state index in [1.165, 1.54) is 12.1 Å². The summed E-state index contributed by atoms with van der Waals surface area (Å²) in [7, 11) is 1.65. The molecule has 1 unspecified atom stereocenters. The molecule has 1 aromatic carbocycles. The largest absolute Gasteiger partial charge is 0.480 e. The fraction of sp³-hybridized carbons (Fsp3) is 0.500. The number of nitro benzene ring substituents is 1. The number of non-ortho nitro benzene ring substituents is 1. The number of nitrogens with one attached hydrogen (secondary N) is 1. The van der Waals surface area contributed by atoms with Crippen molar-refractivity contribution in [1.82, 2.24) is 5.32 Å². The average molecular weight is 312 g/mol. The molecule has 0 bridgehead atoms. The first kappa shape index (κ1) is 17.5. The van der Waals surface area contributed by atoms with Crippen molar-refractivity contribution in [2.75, 3.05) is 12.8 Å². The van der Waals surface area contributed by atoms with E-state index in [4.69, 9.17) is 5.11 Å². The van der Waals surface area contributed by atoms with Gasteiger partial charge in [-0.05, 0) is 44.7 Å². The summed E-state index contributed by atoms with van der Waals surface area (Å²) in [5.74, 6) is 0.0186. The Labute approximate surface area is 128 Å². The van der Waals surface area contributed by atoms with Crippen LogP contribution >= 0.6 is 11.8 Å². The van der Waals surface area contributed by atoms with Gasteiger partial charge in [0.15, 0.2) is 0 Å². The average Bonchev–Trinajstić information content (AvgIpc) is 2.46. The fourth-order valence-corrected chi connectivity index (χ4v) is 2.69. The molecule has 0 fully saturated rings. The Balaban J connectivity index is 2.31. The van der Waals surface area contributed by atoms with Crippen LogP contribution in [0.4, 0.5) is 5.69 Å². The number of rotatable bonds is 9. The van der Waals surface area contributed by atoms with Gasteiger partial charge >= 0.3 is 5.97 Å². The summed E-state index contributed by atoms with van der Waals surface area (Å²) in [6.07, 6.45) is 2.27. The predicted octanol–water partition coefficient (Wildman–Crippen LogP) is 2.92. The van der Waals surface area contributed by atoms with Crippen molar-refractivity contribution >= 4 is 23.4 Å². The number of carboxylic acid groups (broad SMARTS) is 1. The Bertz CT molecular complexity index is 492. The first-order chi connectivity index (χ1) is 9.89. The van der Waals surface area contributed by atoms with Gasteiger partial charge in [0.1, 0.15) is 5.54 Å². The number of aliphatic carboxylic acids is 1. The molecule has 0 saturated heterocycles. The molecule has 0 aromatic heterocycles. The highest BCUT2D eigenvalue weighted by Gasteiger charge is 2.29. The summed E-state index contributed by atoms with van der Waals surface area (Å²) >= 11 is 1.62. The summed E-state index contributed by atoms with van der Waals surface area (Å²) < 4.78 is 0. The highest BCUT2D eigenvalue weighted by Crippen LogP contribution is 2.23. The van der Waals surface area contributed by atoms with Crippen molar-refractivity contribution in [2.45, 2.75) is 36.6 Å². The van der Waals surface area contributed by atoms with Crippen LogP contribution in [0.3, 0.4) is 0 Å². The van der Waals surface area contributed by atoms with E-state index in [1.54, 1.807) is 37.9 Å². The maximum Gasteiger partial charge on any atom is 0.323 e. The molecule has 0 aliphatic rings. The van der Waals surface area contributed by atoms with Gasteiger partial charge in [-0.1, -0.05) is 6.42 Å². The van der Waals surface area contributed by atoms with Crippen LogP contribution in [0.25, 0.3) is 0 Å². The number of likely N-dealkylation sites (N-methyl/N-ethyl adjacent to an activating group) is 1. The molecule has 0 saturated carbocycles. The molecule has 7 heteroatoms. The summed E-state index contributed by atoms with van der Waals surface area (Å²) in [4.78, 5) is 22.2. The molecule has 0 heterocycles. The Hall–Kier alpha value is -1.60. The second-order valence-electron chi connectivity index (χ2n) is 4.94. The Kier molecular flexibility index (Phi) is 6.64. The number of benzene rings is 1. The van der Waals surface area contributed by atoms with E-state index in [2.05, 4.69) is 5.32 Å². The molecule has 1 atom stereocenters. The summed E-state index contributed by atoms with van der Waals surface area (Å²) in [6.45, 7) is 1.68. The van der Waals surface area contributed by atoms with E-state index in [0.717, 1.165) is 23.5 Å². The van der Waals surface area contributed by atoms with Crippen LogP contribution in [-0.2, 0) is 4.79 Å². The molecule has 21 heavy (non-hydrogen) atoms. The van der Waals surface area contributed by atoms with Crippen molar-refractivity contribution in [2.24, 2.45) is 0 Å². The molecule has 0 aliphatic heterocycles. The number of hydrogen-bond donors (Lipinski definition) is 2. The van der Waals surface area contributed by atoms with Gasteiger partial charge in [-0.3, -0.25) is 14.9 Å². The van der Waals surface area contributed by atoms with E-state index in [0.29, 0.717) is 6.42 Å². The normalized spacial score (nSPS) is 13.6. The minimum atomic E-state index is -0.877. The first-order valence-corrected chi connectivity index (χ1v) is 7.67. The van der Waals surface area contributed by atoms with Gasteiger partial charge in [-0.2, -0.15) is 0 Å². The SMILES string of the molecule is CNC(C)(CCCCSc1ccc([N+](=O)[O-])cc1)C(=O)O. The third kappa shape index (κ3) is 5.35. The quantitative estimate of drug-likeness (QED) is 0.315. The minimum absolute atomic E-state index is 0.0885. The van der Waals surface area contributed by atoms with Crippen molar-refractivity contribution in [3.63, 3.8) is 0 Å². The number of carboxylic acids is 1. The van der Waals surface area contributed by atoms with E-state index in [-0.39, 0.29) is 5.69 Å². The number of nitrogens with zero attached hydrogens (tertiary/aromatic N) is 1. The van der Waals surface area contributed by atoms with Gasteiger partial charge in [0.05, 0.1) is 4.92 Å².